The summed E-state index contributed by atoms with van der Waals surface area (Å²) in [5, 5.41) is 12.6. The van der Waals surface area contributed by atoms with Crippen molar-refractivity contribution in [2.75, 3.05) is 5.32 Å². The zero-order valence-electron chi connectivity index (χ0n) is 10.9. The van der Waals surface area contributed by atoms with Gasteiger partial charge in [0.2, 0.25) is 0 Å². The Morgan fingerprint density at radius 3 is 2.52 bits per heavy atom. The van der Waals surface area contributed by atoms with Crippen molar-refractivity contribution in [1.29, 1.82) is 0 Å². The number of anilines is 1. The number of hydrogen-bond donors (Lipinski definition) is 2. The third-order valence-electron chi connectivity index (χ3n) is 3.01. The topological polar surface area (TPSA) is 62.2 Å². The first-order valence-corrected chi connectivity index (χ1v) is 6.28. The molecular weight excluding hydrogens is 271 g/mol. The normalized spacial score (nSPS) is 10.5. The molecule has 0 aliphatic carbocycles. The van der Waals surface area contributed by atoms with E-state index in [1.54, 1.807) is 30.3 Å². The summed E-state index contributed by atoms with van der Waals surface area (Å²) < 4.78 is 13.2. The van der Waals surface area contributed by atoms with E-state index in [1.165, 1.54) is 24.3 Å². The number of aromatic hydroxyl groups is 1. The van der Waals surface area contributed by atoms with Crippen molar-refractivity contribution in [3.05, 3.63) is 66.1 Å². The number of pyridine rings is 1. The van der Waals surface area contributed by atoms with Gasteiger partial charge in [-0.25, -0.2) is 9.37 Å². The summed E-state index contributed by atoms with van der Waals surface area (Å²) in [7, 11) is 0. The number of benzene rings is 2. The fourth-order valence-electron chi connectivity index (χ4n) is 1.96. The lowest BCUT2D eigenvalue weighted by Gasteiger charge is -2.06. The molecule has 0 fully saturated rings. The third kappa shape index (κ3) is 2.81. The molecule has 0 saturated heterocycles. The molecule has 4 nitrogen and oxygen atoms in total. The molecule has 2 N–H and O–H groups in total. The Morgan fingerprint density at radius 2 is 1.76 bits per heavy atom. The number of carbonyl (C=O) groups excluding carboxylic acids is 1. The van der Waals surface area contributed by atoms with Gasteiger partial charge in [0, 0.05) is 17.1 Å². The van der Waals surface area contributed by atoms with Gasteiger partial charge in [-0.15, -0.1) is 0 Å². The highest BCUT2D eigenvalue weighted by atomic mass is 19.1. The van der Waals surface area contributed by atoms with Gasteiger partial charge in [-0.1, -0.05) is 6.07 Å². The molecule has 0 atom stereocenters. The monoisotopic (exact) mass is 282 g/mol. The maximum Gasteiger partial charge on any atom is 0.274 e. The molecular formula is C16H11FN2O2. The van der Waals surface area contributed by atoms with E-state index in [9.17, 15) is 14.3 Å². The van der Waals surface area contributed by atoms with Crippen LogP contribution in [0.15, 0.2) is 54.6 Å². The molecule has 1 heterocycles. The molecule has 2 aromatic carbocycles. The first-order chi connectivity index (χ1) is 10.1. The first-order valence-electron chi connectivity index (χ1n) is 6.28. The number of phenolic OH excluding ortho intramolecular Hbond substituents is 1. The average molecular weight is 282 g/mol. The van der Waals surface area contributed by atoms with E-state index in [0.717, 1.165) is 5.39 Å². The fourth-order valence-corrected chi connectivity index (χ4v) is 1.96. The lowest BCUT2D eigenvalue weighted by Crippen LogP contribution is -2.13. The van der Waals surface area contributed by atoms with Crippen LogP contribution >= 0.6 is 0 Å². The molecule has 3 rings (SSSR count). The molecule has 0 radical (unpaired) electrons. The van der Waals surface area contributed by atoms with Crippen LogP contribution in [0.25, 0.3) is 10.9 Å². The van der Waals surface area contributed by atoms with Crippen LogP contribution in [-0.2, 0) is 0 Å². The van der Waals surface area contributed by atoms with Crippen molar-refractivity contribution in [2.24, 2.45) is 0 Å². The summed E-state index contributed by atoms with van der Waals surface area (Å²) in [5.41, 5.74) is 1.16. The molecule has 0 aliphatic heterocycles. The Hall–Kier alpha value is -2.95. The highest BCUT2D eigenvalue weighted by molar-refractivity contribution is 6.04. The minimum Gasteiger partial charge on any atom is -0.508 e. The molecule has 0 unspecified atom stereocenters. The van der Waals surface area contributed by atoms with E-state index in [0.29, 0.717) is 11.2 Å². The predicted molar refractivity (Wildman–Crippen MR) is 77.8 cm³/mol. The highest BCUT2D eigenvalue weighted by Crippen LogP contribution is 2.17. The Labute approximate surface area is 119 Å². The van der Waals surface area contributed by atoms with Gasteiger partial charge in [-0.05, 0) is 42.5 Å². The second kappa shape index (κ2) is 5.20. The molecule has 0 bridgehead atoms. The quantitative estimate of drug-likeness (QED) is 0.709. The van der Waals surface area contributed by atoms with Crippen LogP contribution in [0.4, 0.5) is 10.1 Å². The summed E-state index contributed by atoms with van der Waals surface area (Å²) in [6.07, 6.45) is 0. The second-order valence-electron chi connectivity index (χ2n) is 4.53. The van der Waals surface area contributed by atoms with E-state index in [4.69, 9.17) is 0 Å². The van der Waals surface area contributed by atoms with Gasteiger partial charge in [0.15, 0.2) is 0 Å². The largest absolute Gasteiger partial charge is 0.508 e. The molecule has 0 aliphatic rings. The van der Waals surface area contributed by atoms with Crippen LogP contribution < -0.4 is 5.32 Å². The maximum absolute atomic E-state index is 13.2. The van der Waals surface area contributed by atoms with Crippen molar-refractivity contribution in [2.45, 2.75) is 0 Å². The van der Waals surface area contributed by atoms with Crippen molar-refractivity contribution < 1.29 is 14.3 Å². The number of nitrogens with zero attached hydrogens (tertiary/aromatic N) is 1. The van der Waals surface area contributed by atoms with Gasteiger partial charge >= 0.3 is 0 Å². The van der Waals surface area contributed by atoms with Gasteiger partial charge < -0.3 is 10.4 Å². The third-order valence-corrected chi connectivity index (χ3v) is 3.01. The number of carbonyl (C=O) groups is 1. The van der Waals surface area contributed by atoms with Gasteiger partial charge in [-0.2, -0.15) is 0 Å². The number of amides is 1. The predicted octanol–water partition coefficient (Wildman–Crippen LogP) is 3.33. The number of phenols is 1. The lowest BCUT2D eigenvalue weighted by atomic mass is 10.2. The number of halogens is 1. The van der Waals surface area contributed by atoms with Gasteiger partial charge in [0.1, 0.15) is 17.3 Å². The molecule has 21 heavy (non-hydrogen) atoms. The van der Waals surface area contributed by atoms with Crippen molar-refractivity contribution in [3.8, 4) is 5.75 Å². The Kier molecular flexibility index (Phi) is 3.23. The lowest BCUT2D eigenvalue weighted by molar-refractivity contribution is 0.102. The smallest absolute Gasteiger partial charge is 0.274 e. The van der Waals surface area contributed by atoms with E-state index in [-0.39, 0.29) is 11.4 Å². The Bertz CT molecular complexity index is 816. The van der Waals surface area contributed by atoms with Crippen LogP contribution in [0.3, 0.4) is 0 Å². The molecule has 3 aromatic rings. The van der Waals surface area contributed by atoms with Crippen LogP contribution in [0.5, 0.6) is 5.75 Å². The van der Waals surface area contributed by atoms with E-state index < -0.39 is 11.7 Å². The summed E-state index contributed by atoms with van der Waals surface area (Å²) >= 11 is 0. The first kappa shape index (κ1) is 13.1. The standard InChI is InChI=1S/C16H11FN2O2/c17-11-3-1-10-2-8-14(19-15(10)9-11)16(21)18-12-4-6-13(20)7-5-12/h1-9,20H,(H,18,21). The summed E-state index contributed by atoms with van der Waals surface area (Å²) in [5.74, 6) is -0.676. The highest BCUT2D eigenvalue weighted by Gasteiger charge is 2.09. The average Bonchev–Trinajstić information content (AvgIpc) is 2.48. The summed E-state index contributed by atoms with van der Waals surface area (Å²) in [6, 6.07) is 13.6. The van der Waals surface area contributed by atoms with Crippen LogP contribution in [0, 0.1) is 5.82 Å². The van der Waals surface area contributed by atoms with Crippen molar-refractivity contribution >= 4 is 22.5 Å². The van der Waals surface area contributed by atoms with Crippen LogP contribution in [-0.4, -0.2) is 16.0 Å². The van der Waals surface area contributed by atoms with E-state index in [2.05, 4.69) is 10.3 Å². The fraction of sp³-hybridized carbons (Fsp3) is 0. The maximum atomic E-state index is 13.2. The molecule has 5 heteroatoms. The number of fused-ring (bicyclic) bond motifs is 1. The summed E-state index contributed by atoms with van der Waals surface area (Å²) in [4.78, 5) is 16.2. The minimum absolute atomic E-state index is 0.118. The number of rotatable bonds is 2. The number of hydrogen-bond acceptors (Lipinski definition) is 3. The Morgan fingerprint density at radius 1 is 1.05 bits per heavy atom. The van der Waals surface area contributed by atoms with Gasteiger partial charge in [-0.3, -0.25) is 4.79 Å². The Balaban J connectivity index is 1.88. The number of aromatic nitrogens is 1. The minimum atomic E-state index is -0.397. The molecule has 1 aromatic heterocycles. The number of nitrogens with one attached hydrogen (secondary N) is 1. The van der Waals surface area contributed by atoms with Gasteiger partial charge in [0.25, 0.3) is 5.91 Å². The van der Waals surface area contributed by atoms with E-state index in [1.807, 2.05) is 0 Å². The molecule has 104 valence electrons. The summed E-state index contributed by atoms with van der Waals surface area (Å²) in [6.45, 7) is 0. The second-order valence-corrected chi connectivity index (χ2v) is 4.53. The van der Waals surface area contributed by atoms with Crippen LogP contribution in [0.1, 0.15) is 10.5 Å². The zero-order chi connectivity index (χ0) is 14.8. The SMILES string of the molecule is O=C(Nc1ccc(O)cc1)c1ccc2ccc(F)cc2n1. The molecule has 0 spiro atoms. The van der Waals surface area contributed by atoms with Crippen molar-refractivity contribution in [1.82, 2.24) is 4.98 Å². The molecule has 1 amide bonds. The van der Waals surface area contributed by atoms with E-state index >= 15 is 0 Å². The van der Waals surface area contributed by atoms with Crippen LogP contribution in [0.2, 0.25) is 0 Å². The van der Waals surface area contributed by atoms with Crippen molar-refractivity contribution in [3.63, 3.8) is 0 Å². The van der Waals surface area contributed by atoms with Gasteiger partial charge in [0.05, 0.1) is 5.52 Å². The molecule has 0 saturated carbocycles. The zero-order valence-corrected chi connectivity index (χ0v) is 10.9.